The minimum Gasteiger partial charge on any atom is -0.397 e. The molecule has 1 aromatic rings. The number of nitrogen functional groups attached to an aromatic ring is 1. The van der Waals surface area contributed by atoms with Crippen molar-refractivity contribution in [3.8, 4) is 0 Å². The lowest BCUT2D eigenvalue weighted by Gasteiger charge is -2.35. The lowest BCUT2D eigenvalue weighted by Crippen LogP contribution is -2.47. The average Bonchev–Trinajstić information content (AvgIpc) is 2.29. The van der Waals surface area contributed by atoms with Crippen LogP contribution in [0.15, 0.2) is 18.5 Å². The first-order valence-corrected chi connectivity index (χ1v) is 5.45. The standard InChI is InChI=1S/C11H16N4O/c12-8-5-9(7-14-6-8)15-4-2-1-3-10(15)11(13)16/h5-7,10H,1-4,12H2,(H2,13,16). The van der Waals surface area contributed by atoms with Crippen LogP contribution in [0.1, 0.15) is 19.3 Å². The molecule has 0 saturated carbocycles. The Bertz CT molecular complexity index is 393. The summed E-state index contributed by atoms with van der Waals surface area (Å²) in [7, 11) is 0. The van der Waals surface area contributed by atoms with Gasteiger partial charge in [-0.15, -0.1) is 0 Å². The summed E-state index contributed by atoms with van der Waals surface area (Å²) in [6.07, 6.45) is 6.23. The summed E-state index contributed by atoms with van der Waals surface area (Å²) >= 11 is 0. The molecule has 5 heteroatoms. The summed E-state index contributed by atoms with van der Waals surface area (Å²) < 4.78 is 0. The molecule has 86 valence electrons. The van der Waals surface area contributed by atoms with Gasteiger partial charge in [0.1, 0.15) is 6.04 Å². The van der Waals surface area contributed by atoms with Crippen molar-refractivity contribution in [3.63, 3.8) is 0 Å². The van der Waals surface area contributed by atoms with E-state index < -0.39 is 0 Å². The highest BCUT2D eigenvalue weighted by Crippen LogP contribution is 2.25. The fourth-order valence-electron chi connectivity index (χ4n) is 2.14. The van der Waals surface area contributed by atoms with Gasteiger partial charge in [0.15, 0.2) is 0 Å². The molecule has 1 atom stereocenters. The number of rotatable bonds is 2. The number of carbonyl (C=O) groups is 1. The van der Waals surface area contributed by atoms with Gasteiger partial charge in [-0.05, 0) is 25.3 Å². The van der Waals surface area contributed by atoms with Gasteiger partial charge in [0, 0.05) is 12.7 Å². The van der Waals surface area contributed by atoms with E-state index in [9.17, 15) is 4.79 Å². The third kappa shape index (κ3) is 2.08. The average molecular weight is 220 g/mol. The van der Waals surface area contributed by atoms with Crippen LogP contribution in [-0.4, -0.2) is 23.5 Å². The zero-order valence-corrected chi connectivity index (χ0v) is 9.10. The monoisotopic (exact) mass is 220 g/mol. The van der Waals surface area contributed by atoms with Crippen molar-refractivity contribution in [2.24, 2.45) is 5.73 Å². The maximum atomic E-state index is 11.4. The summed E-state index contributed by atoms with van der Waals surface area (Å²) in [4.78, 5) is 17.4. The fraction of sp³-hybridized carbons (Fsp3) is 0.455. The predicted octanol–water partition coefficient (Wildman–Crippen LogP) is 0.508. The molecular formula is C11H16N4O. The Balaban J connectivity index is 2.26. The molecule has 1 saturated heterocycles. The van der Waals surface area contributed by atoms with Gasteiger partial charge in [-0.3, -0.25) is 9.78 Å². The van der Waals surface area contributed by atoms with E-state index in [0.29, 0.717) is 5.69 Å². The Labute approximate surface area is 94.4 Å². The minimum absolute atomic E-state index is 0.225. The third-order valence-electron chi connectivity index (χ3n) is 2.91. The first-order chi connectivity index (χ1) is 7.68. The topological polar surface area (TPSA) is 85.2 Å². The maximum Gasteiger partial charge on any atom is 0.240 e. The first-order valence-electron chi connectivity index (χ1n) is 5.45. The molecule has 4 N–H and O–H groups in total. The molecule has 2 rings (SSSR count). The van der Waals surface area contributed by atoms with E-state index >= 15 is 0 Å². The first kappa shape index (κ1) is 10.7. The van der Waals surface area contributed by atoms with Crippen LogP contribution in [0, 0.1) is 0 Å². The van der Waals surface area contributed by atoms with E-state index in [4.69, 9.17) is 11.5 Å². The summed E-state index contributed by atoms with van der Waals surface area (Å²) in [6.45, 7) is 0.832. The molecule has 0 aromatic carbocycles. The molecule has 1 aromatic heterocycles. The second-order valence-corrected chi connectivity index (χ2v) is 4.08. The number of anilines is 2. The molecule has 16 heavy (non-hydrogen) atoms. The molecule has 5 nitrogen and oxygen atoms in total. The Hall–Kier alpha value is -1.78. The van der Waals surface area contributed by atoms with Crippen LogP contribution in [0.4, 0.5) is 11.4 Å². The van der Waals surface area contributed by atoms with Crippen LogP contribution >= 0.6 is 0 Å². The molecule has 0 aliphatic carbocycles. The van der Waals surface area contributed by atoms with Crippen molar-refractivity contribution in [1.29, 1.82) is 0 Å². The number of primary amides is 1. The molecule has 1 fully saturated rings. The smallest absolute Gasteiger partial charge is 0.240 e. The van der Waals surface area contributed by atoms with Crippen molar-refractivity contribution in [1.82, 2.24) is 4.98 Å². The molecule has 1 unspecified atom stereocenters. The van der Waals surface area contributed by atoms with Crippen LogP contribution in [0.3, 0.4) is 0 Å². The molecule has 1 aliphatic heterocycles. The van der Waals surface area contributed by atoms with E-state index in [1.54, 1.807) is 12.4 Å². The normalized spacial score (nSPS) is 20.8. The van der Waals surface area contributed by atoms with Crippen LogP contribution < -0.4 is 16.4 Å². The molecule has 1 amide bonds. The number of amides is 1. The van der Waals surface area contributed by atoms with Gasteiger partial charge in [-0.1, -0.05) is 0 Å². The van der Waals surface area contributed by atoms with Gasteiger partial charge in [0.05, 0.1) is 17.6 Å². The van der Waals surface area contributed by atoms with Crippen molar-refractivity contribution in [2.45, 2.75) is 25.3 Å². The Morgan fingerprint density at radius 2 is 2.25 bits per heavy atom. The van der Waals surface area contributed by atoms with Crippen molar-refractivity contribution >= 4 is 17.3 Å². The van der Waals surface area contributed by atoms with Crippen LogP contribution in [0.25, 0.3) is 0 Å². The zero-order chi connectivity index (χ0) is 11.5. The van der Waals surface area contributed by atoms with Gasteiger partial charge >= 0.3 is 0 Å². The van der Waals surface area contributed by atoms with Crippen molar-refractivity contribution < 1.29 is 4.79 Å². The molecule has 1 aliphatic rings. The summed E-state index contributed by atoms with van der Waals surface area (Å²) in [5.74, 6) is -0.276. The number of nitrogens with two attached hydrogens (primary N) is 2. The SMILES string of the molecule is NC(=O)C1CCCCN1c1cncc(N)c1. The minimum atomic E-state index is -0.276. The van der Waals surface area contributed by atoms with Crippen LogP contribution in [-0.2, 0) is 4.79 Å². The Morgan fingerprint density at radius 3 is 2.94 bits per heavy atom. The van der Waals surface area contributed by atoms with Gasteiger partial charge < -0.3 is 16.4 Å². The lowest BCUT2D eigenvalue weighted by atomic mass is 10.0. The third-order valence-corrected chi connectivity index (χ3v) is 2.91. The number of nitrogens with zero attached hydrogens (tertiary/aromatic N) is 2. The quantitative estimate of drug-likeness (QED) is 0.760. The summed E-state index contributed by atoms with van der Waals surface area (Å²) in [6, 6.07) is 1.60. The molecule has 0 spiro atoms. The van der Waals surface area contributed by atoms with E-state index in [2.05, 4.69) is 4.98 Å². The molecule has 2 heterocycles. The Morgan fingerprint density at radius 1 is 1.44 bits per heavy atom. The Kier molecular flexibility index (Phi) is 2.94. The lowest BCUT2D eigenvalue weighted by molar-refractivity contribution is -0.119. The highest BCUT2D eigenvalue weighted by atomic mass is 16.1. The largest absolute Gasteiger partial charge is 0.397 e. The van der Waals surface area contributed by atoms with Crippen molar-refractivity contribution in [2.75, 3.05) is 17.2 Å². The predicted molar refractivity (Wildman–Crippen MR) is 62.8 cm³/mol. The number of piperidine rings is 1. The maximum absolute atomic E-state index is 11.4. The van der Waals surface area contributed by atoms with Crippen LogP contribution in [0.2, 0.25) is 0 Å². The van der Waals surface area contributed by atoms with E-state index in [-0.39, 0.29) is 11.9 Å². The summed E-state index contributed by atoms with van der Waals surface area (Å²) in [5, 5.41) is 0. The molecular weight excluding hydrogens is 204 g/mol. The van der Waals surface area contributed by atoms with Gasteiger partial charge in [-0.2, -0.15) is 0 Å². The molecule has 0 radical (unpaired) electrons. The van der Waals surface area contributed by atoms with Crippen LogP contribution in [0.5, 0.6) is 0 Å². The van der Waals surface area contributed by atoms with E-state index in [0.717, 1.165) is 31.5 Å². The van der Waals surface area contributed by atoms with Crippen molar-refractivity contribution in [3.05, 3.63) is 18.5 Å². The highest BCUT2D eigenvalue weighted by molar-refractivity contribution is 5.84. The molecule has 0 bridgehead atoms. The van der Waals surface area contributed by atoms with E-state index in [1.807, 2.05) is 11.0 Å². The fourth-order valence-corrected chi connectivity index (χ4v) is 2.14. The second-order valence-electron chi connectivity index (χ2n) is 4.08. The number of pyridine rings is 1. The second kappa shape index (κ2) is 4.38. The number of aromatic nitrogens is 1. The number of hydrogen-bond acceptors (Lipinski definition) is 4. The van der Waals surface area contributed by atoms with E-state index in [1.165, 1.54) is 0 Å². The zero-order valence-electron chi connectivity index (χ0n) is 9.10. The summed E-state index contributed by atoms with van der Waals surface area (Å²) in [5.41, 5.74) is 12.6. The number of hydrogen-bond donors (Lipinski definition) is 2. The highest BCUT2D eigenvalue weighted by Gasteiger charge is 2.27. The van der Waals surface area contributed by atoms with Gasteiger partial charge in [-0.25, -0.2) is 0 Å². The van der Waals surface area contributed by atoms with Gasteiger partial charge in [0.2, 0.25) is 5.91 Å². The van der Waals surface area contributed by atoms with Gasteiger partial charge in [0.25, 0.3) is 0 Å². The number of carbonyl (C=O) groups excluding carboxylic acids is 1.